The SMILES string of the molecule is CNCCC1CCN(C(=O)c2ccc(OCC(C)C)c(OC)c2)CC1.Cl. The maximum atomic E-state index is 12.8. The largest absolute Gasteiger partial charge is 0.493 e. The molecule has 1 saturated heterocycles. The monoisotopic (exact) mass is 384 g/mol. The van der Waals surface area contributed by atoms with Crippen molar-refractivity contribution in [2.24, 2.45) is 11.8 Å². The number of nitrogens with zero attached hydrogens (tertiary/aromatic N) is 1. The Morgan fingerprint density at radius 1 is 1.27 bits per heavy atom. The highest BCUT2D eigenvalue weighted by Gasteiger charge is 2.24. The van der Waals surface area contributed by atoms with Gasteiger partial charge in [-0.05, 0) is 62.9 Å². The van der Waals surface area contributed by atoms with E-state index in [2.05, 4.69) is 19.2 Å². The molecule has 0 saturated carbocycles. The standard InChI is InChI=1S/C20H32N2O3.ClH/c1-15(2)14-25-18-6-5-17(13-19(18)24-4)20(23)22-11-8-16(9-12-22)7-10-21-3;/h5-6,13,15-16,21H,7-12,14H2,1-4H3;1H. The third-order valence-corrected chi connectivity index (χ3v) is 4.69. The number of nitrogens with one attached hydrogen (secondary N) is 1. The zero-order valence-corrected chi connectivity index (χ0v) is 17.2. The molecule has 1 heterocycles. The van der Waals surface area contributed by atoms with Crippen molar-refractivity contribution in [2.75, 3.05) is 40.4 Å². The minimum atomic E-state index is 0. The molecule has 1 aromatic rings. The molecule has 1 aliphatic rings. The molecular weight excluding hydrogens is 352 g/mol. The Morgan fingerprint density at radius 3 is 2.54 bits per heavy atom. The first-order valence-corrected chi connectivity index (χ1v) is 9.29. The highest BCUT2D eigenvalue weighted by atomic mass is 35.5. The maximum Gasteiger partial charge on any atom is 0.253 e. The predicted octanol–water partition coefficient (Wildman–Crippen LogP) is 3.61. The first-order chi connectivity index (χ1) is 12.0. The molecular formula is C20H33ClN2O3. The van der Waals surface area contributed by atoms with Gasteiger partial charge in [0, 0.05) is 18.7 Å². The van der Waals surface area contributed by atoms with Gasteiger partial charge in [0.05, 0.1) is 13.7 Å². The van der Waals surface area contributed by atoms with Crippen LogP contribution in [0.25, 0.3) is 0 Å². The number of methoxy groups -OCH3 is 1. The number of hydrogen-bond donors (Lipinski definition) is 1. The van der Waals surface area contributed by atoms with Crippen molar-refractivity contribution in [1.82, 2.24) is 10.2 Å². The predicted molar refractivity (Wildman–Crippen MR) is 108 cm³/mol. The summed E-state index contributed by atoms with van der Waals surface area (Å²) in [6.45, 7) is 7.55. The quantitative estimate of drug-likeness (QED) is 0.743. The van der Waals surface area contributed by atoms with Crippen LogP contribution in [0.1, 0.15) is 43.5 Å². The fraction of sp³-hybridized carbons (Fsp3) is 0.650. The molecule has 1 fully saturated rings. The lowest BCUT2D eigenvalue weighted by Crippen LogP contribution is -2.39. The summed E-state index contributed by atoms with van der Waals surface area (Å²) in [5.74, 6) is 2.56. The van der Waals surface area contributed by atoms with Crippen molar-refractivity contribution in [2.45, 2.75) is 33.1 Å². The van der Waals surface area contributed by atoms with Crippen molar-refractivity contribution in [3.05, 3.63) is 23.8 Å². The van der Waals surface area contributed by atoms with Gasteiger partial charge >= 0.3 is 0 Å². The normalized spacial score (nSPS) is 14.9. The number of halogens is 1. The van der Waals surface area contributed by atoms with E-state index in [1.54, 1.807) is 13.2 Å². The summed E-state index contributed by atoms with van der Waals surface area (Å²) >= 11 is 0. The van der Waals surface area contributed by atoms with Crippen molar-refractivity contribution < 1.29 is 14.3 Å². The zero-order valence-electron chi connectivity index (χ0n) is 16.4. The number of piperidine rings is 1. The number of benzene rings is 1. The van der Waals surface area contributed by atoms with Crippen molar-refractivity contribution in [1.29, 1.82) is 0 Å². The second-order valence-corrected chi connectivity index (χ2v) is 7.20. The van der Waals surface area contributed by atoms with Gasteiger partial charge in [-0.3, -0.25) is 4.79 Å². The number of rotatable bonds is 8. The first-order valence-electron chi connectivity index (χ1n) is 9.29. The van der Waals surface area contributed by atoms with Crippen LogP contribution in [0.15, 0.2) is 18.2 Å². The average molecular weight is 385 g/mol. The Kier molecular flexibility index (Phi) is 9.81. The van der Waals surface area contributed by atoms with E-state index in [-0.39, 0.29) is 18.3 Å². The van der Waals surface area contributed by atoms with E-state index in [4.69, 9.17) is 9.47 Å². The van der Waals surface area contributed by atoms with Gasteiger partial charge in [-0.25, -0.2) is 0 Å². The molecule has 0 bridgehead atoms. The molecule has 6 heteroatoms. The van der Waals surface area contributed by atoms with Crippen LogP contribution in [0, 0.1) is 11.8 Å². The van der Waals surface area contributed by atoms with Gasteiger partial charge in [0.1, 0.15) is 0 Å². The molecule has 148 valence electrons. The molecule has 26 heavy (non-hydrogen) atoms. The Hall–Kier alpha value is -1.46. The molecule has 0 aromatic heterocycles. The fourth-order valence-corrected chi connectivity index (χ4v) is 3.13. The molecule has 1 amide bonds. The van der Waals surface area contributed by atoms with E-state index >= 15 is 0 Å². The summed E-state index contributed by atoms with van der Waals surface area (Å²) in [5.41, 5.74) is 0.669. The van der Waals surface area contributed by atoms with Crippen molar-refractivity contribution >= 4 is 18.3 Å². The molecule has 0 spiro atoms. The van der Waals surface area contributed by atoms with Gasteiger partial charge in [0.25, 0.3) is 5.91 Å². The third kappa shape index (κ3) is 6.36. The minimum absolute atomic E-state index is 0. The van der Waals surface area contributed by atoms with E-state index in [0.717, 1.165) is 38.4 Å². The number of carbonyl (C=O) groups is 1. The lowest BCUT2D eigenvalue weighted by molar-refractivity contribution is 0.0686. The van der Waals surface area contributed by atoms with Crippen LogP contribution in [0.4, 0.5) is 0 Å². The number of ether oxygens (including phenoxy) is 2. The van der Waals surface area contributed by atoms with Crippen LogP contribution < -0.4 is 14.8 Å². The molecule has 0 radical (unpaired) electrons. The van der Waals surface area contributed by atoms with Crippen LogP contribution >= 0.6 is 12.4 Å². The van der Waals surface area contributed by atoms with E-state index in [1.165, 1.54) is 6.42 Å². The Balaban J connectivity index is 0.00000338. The molecule has 1 aliphatic heterocycles. The third-order valence-electron chi connectivity index (χ3n) is 4.69. The van der Waals surface area contributed by atoms with Crippen molar-refractivity contribution in [3.63, 3.8) is 0 Å². The molecule has 1 N–H and O–H groups in total. The molecule has 0 atom stereocenters. The Labute approximate surface area is 163 Å². The second kappa shape index (κ2) is 11.3. The Morgan fingerprint density at radius 2 is 1.96 bits per heavy atom. The summed E-state index contributed by atoms with van der Waals surface area (Å²) in [6, 6.07) is 5.48. The lowest BCUT2D eigenvalue weighted by atomic mass is 9.93. The summed E-state index contributed by atoms with van der Waals surface area (Å²) in [7, 11) is 3.60. The van der Waals surface area contributed by atoms with Gasteiger partial charge in [0.2, 0.25) is 0 Å². The number of amides is 1. The zero-order chi connectivity index (χ0) is 18.2. The van der Waals surface area contributed by atoms with E-state index in [9.17, 15) is 4.79 Å². The van der Waals surface area contributed by atoms with Crippen LogP contribution in [0.2, 0.25) is 0 Å². The van der Waals surface area contributed by atoms with Gasteiger partial charge in [-0.2, -0.15) is 0 Å². The topological polar surface area (TPSA) is 50.8 Å². The molecule has 5 nitrogen and oxygen atoms in total. The van der Waals surface area contributed by atoms with Crippen LogP contribution in [0.3, 0.4) is 0 Å². The van der Waals surface area contributed by atoms with Gasteiger partial charge in [-0.15, -0.1) is 12.4 Å². The number of likely N-dealkylation sites (tertiary alicyclic amines) is 1. The molecule has 2 rings (SSSR count). The number of hydrogen-bond acceptors (Lipinski definition) is 4. The van der Waals surface area contributed by atoms with E-state index in [1.807, 2.05) is 24.1 Å². The van der Waals surface area contributed by atoms with E-state index < -0.39 is 0 Å². The molecule has 0 aliphatic carbocycles. The second-order valence-electron chi connectivity index (χ2n) is 7.20. The van der Waals surface area contributed by atoms with Gasteiger partial charge in [0.15, 0.2) is 11.5 Å². The Bertz CT molecular complexity index is 558. The summed E-state index contributed by atoms with van der Waals surface area (Å²) in [5, 5.41) is 3.20. The molecule has 0 unspecified atom stereocenters. The lowest BCUT2D eigenvalue weighted by Gasteiger charge is -2.32. The van der Waals surface area contributed by atoms with Gasteiger partial charge in [-0.1, -0.05) is 13.8 Å². The highest BCUT2D eigenvalue weighted by molar-refractivity contribution is 5.95. The summed E-state index contributed by atoms with van der Waals surface area (Å²) < 4.78 is 11.2. The van der Waals surface area contributed by atoms with Crippen molar-refractivity contribution in [3.8, 4) is 11.5 Å². The maximum absolute atomic E-state index is 12.8. The average Bonchev–Trinajstić information content (AvgIpc) is 2.64. The fourth-order valence-electron chi connectivity index (χ4n) is 3.13. The summed E-state index contributed by atoms with van der Waals surface area (Å²) in [4.78, 5) is 14.7. The smallest absolute Gasteiger partial charge is 0.253 e. The first kappa shape index (κ1) is 22.6. The molecule has 1 aromatic carbocycles. The van der Waals surface area contributed by atoms with Crippen LogP contribution in [-0.2, 0) is 0 Å². The van der Waals surface area contributed by atoms with Crippen LogP contribution in [-0.4, -0.2) is 51.2 Å². The number of carbonyl (C=O) groups excluding carboxylic acids is 1. The minimum Gasteiger partial charge on any atom is -0.493 e. The van der Waals surface area contributed by atoms with Crippen LogP contribution in [0.5, 0.6) is 11.5 Å². The van der Waals surface area contributed by atoms with Gasteiger partial charge < -0.3 is 19.7 Å². The highest BCUT2D eigenvalue weighted by Crippen LogP contribution is 2.30. The van der Waals surface area contributed by atoms with E-state index in [0.29, 0.717) is 29.6 Å². The summed E-state index contributed by atoms with van der Waals surface area (Å²) in [6.07, 6.45) is 3.36.